The van der Waals surface area contributed by atoms with E-state index in [2.05, 4.69) is 36.3 Å². The molecule has 0 saturated heterocycles. The Hall–Kier alpha value is -0.900. The van der Waals surface area contributed by atoms with Crippen LogP contribution in [-0.4, -0.2) is 23.3 Å². The van der Waals surface area contributed by atoms with E-state index >= 15 is 0 Å². The molecule has 1 atom stereocenters. The summed E-state index contributed by atoms with van der Waals surface area (Å²) in [5.41, 5.74) is 0. The maximum Gasteiger partial charge on any atom is 0.219 e. The number of hydrogen-bond acceptors (Lipinski definition) is 4. The molecule has 98 valence electrons. The van der Waals surface area contributed by atoms with Crippen molar-refractivity contribution in [3.05, 3.63) is 11.8 Å². The van der Waals surface area contributed by atoms with Gasteiger partial charge in [-0.05, 0) is 25.9 Å². The lowest BCUT2D eigenvalue weighted by Gasteiger charge is -2.04. The summed E-state index contributed by atoms with van der Waals surface area (Å²) in [5, 5.41) is 11.5. The van der Waals surface area contributed by atoms with Crippen LogP contribution in [0.15, 0.2) is 4.42 Å². The van der Waals surface area contributed by atoms with Gasteiger partial charge in [0, 0.05) is 12.3 Å². The highest BCUT2D eigenvalue weighted by Gasteiger charge is 2.12. The Balaban J connectivity index is 2.31. The first kappa shape index (κ1) is 14.2. The average molecular weight is 239 g/mol. The van der Waals surface area contributed by atoms with Crippen LogP contribution in [0.3, 0.4) is 0 Å². The maximum atomic E-state index is 5.67. The maximum absolute atomic E-state index is 5.67. The van der Waals surface area contributed by atoms with Gasteiger partial charge >= 0.3 is 0 Å². The second kappa shape index (κ2) is 8.23. The Morgan fingerprint density at radius 2 is 2.06 bits per heavy atom. The highest BCUT2D eigenvalue weighted by molar-refractivity contribution is 4.89. The van der Waals surface area contributed by atoms with Crippen LogP contribution >= 0.6 is 0 Å². The van der Waals surface area contributed by atoms with Crippen molar-refractivity contribution in [3.8, 4) is 0 Å². The molecule has 0 bridgehead atoms. The molecule has 1 N–H and O–H groups in total. The number of hydrogen-bond donors (Lipinski definition) is 1. The Morgan fingerprint density at radius 3 is 2.76 bits per heavy atom. The zero-order valence-electron chi connectivity index (χ0n) is 11.3. The van der Waals surface area contributed by atoms with E-state index in [1.54, 1.807) is 0 Å². The summed E-state index contributed by atoms with van der Waals surface area (Å²) < 4.78 is 5.67. The molecular formula is C13H25N3O. The largest absolute Gasteiger partial charge is 0.425 e. The standard InChI is InChI=1S/C13H25N3O/c1-4-6-8-11(3)13-16-15-12(17-13)9-7-10-14-5-2/h11,14H,4-10H2,1-3H3. The molecule has 17 heavy (non-hydrogen) atoms. The summed E-state index contributed by atoms with van der Waals surface area (Å²) in [7, 11) is 0. The zero-order valence-corrected chi connectivity index (χ0v) is 11.3. The molecule has 4 nitrogen and oxygen atoms in total. The fraction of sp³-hybridized carbons (Fsp3) is 0.846. The van der Waals surface area contributed by atoms with Crippen LogP contribution in [0.4, 0.5) is 0 Å². The summed E-state index contributed by atoms with van der Waals surface area (Å²) >= 11 is 0. The van der Waals surface area contributed by atoms with E-state index < -0.39 is 0 Å². The van der Waals surface area contributed by atoms with Gasteiger partial charge in [0.25, 0.3) is 0 Å². The van der Waals surface area contributed by atoms with Crippen molar-refractivity contribution in [1.29, 1.82) is 0 Å². The molecule has 0 spiro atoms. The monoisotopic (exact) mass is 239 g/mol. The van der Waals surface area contributed by atoms with E-state index in [0.29, 0.717) is 5.92 Å². The number of nitrogens with one attached hydrogen (secondary N) is 1. The molecule has 0 fully saturated rings. The van der Waals surface area contributed by atoms with Gasteiger partial charge in [0.1, 0.15) is 0 Å². The van der Waals surface area contributed by atoms with Gasteiger partial charge in [0.15, 0.2) is 0 Å². The normalized spacial score (nSPS) is 12.9. The smallest absolute Gasteiger partial charge is 0.219 e. The van der Waals surface area contributed by atoms with Gasteiger partial charge < -0.3 is 9.73 Å². The number of aromatic nitrogens is 2. The SMILES string of the molecule is CCCCC(C)c1nnc(CCCNCC)o1. The van der Waals surface area contributed by atoms with Crippen molar-refractivity contribution < 1.29 is 4.42 Å². The lowest BCUT2D eigenvalue weighted by atomic mass is 10.1. The Morgan fingerprint density at radius 1 is 1.24 bits per heavy atom. The van der Waals surface area contributed by atoms with Crippen LogP contribution in [0.2, 0.25) is 0 Å². The summed E-state index contributed by atoms with van der Waals surface area (Å²) in [6.07, 6.45) is 5.50. The third kappa shape index (κ3) is 5.31. The number of aryl methyl sites for hydroxylation is 1. The third-order valence-electron chi connectivity index (χ3n) is 2.89. The first-order valence-electron chi connectivity index (χ1n) is 6.80. The van der Waals surface area contributed by atoms with Gasteiger partial charge in [-0.3, -0.25) is 0 Å². The van der Waals surface area contributed by atoms with Crippen LogP contribution in [0.5, 0.6) is 0 Å². The van der Waals surface area contributed by atoms with Gasteiger partial charge in [-0.1, -0.05) is 33.6 Å². The van der Waals surface area contributed by atoms with E-state index in [1.807, 2.05) is 0 Å². The lowest BCUT2D eigenvalue weighted by Crippen LogP contribution is -2.14. The zero-order chi connectivity index (χ0) is 12.5. The van der Waals surface area contributed by atoms with Crippen LogP contribution in [0, 0.1) is 0 Å². The van der Waals surface area contributed by atoms with Gasteiger partial charge in [0.05, 0.1) is 0 Å². The molecule has 0 saturated carbocycles. The molecule has 0 aliphatic rings. The minimum absolute atomic E-state index is 0.393. The van der Waals surface area contributed by atoms with Crippen LogP contribution in [-0.2, 0) is 6.42 Å². The van der Waals surface area contributed by atoms with E-state index in [-0.39, 0.29) is 0 Å². The molecular weight excluding hydrogens is 214 g/mol. The van der Waals surface area contributed by atoms with E-state index in [0.717, 1.165) is 44.1 Å². The molecule has 0 amide bonds. The Kier molecular flexibility index (Phi) is 6.86. The second-order valence-corrected chi connectivity index (χ2v) is 4.53. The van der Waals surface area contributed by atoms with E-state index in [9.17, 15) is 0 Å². The van der Waals surface area contributed by atoms with Crippen LogP contribution in [0.1, 0.15) is 64.2 Å². The van der Waals surface area contributed by atoms with Crippen molar-refractivity contribution >= 4 is 0 Å². The van der Waals surface area contributed by atoms with Crippen molar-refractivity contribution in [1.82, 2.24) is 15.5 Å². The lowest BCUT2D eigenvalue weighted by molar-refractivity contribution is 0.406. The van der Waals surface area contributed by atoms with Crippen molar-refractivity contribution in [2.45, 2.75) is 58.8 Å². The number of rotatable bonds is 9. The molecule has 0 aliphatic heterocycles. The summed E-state index contributed by atoms with van der Waals surface area (Å²) in [4.78, 5) is 0. The molecule has 1 rings (SSSR count). The predicted octanol–water partition coefficient (Wildman–Crippen LogP) is 2.91. The van der Waals surface area contributed by atoms with Gasteiger partial charge in [-0.25, -0.2) is 0 Å². The van der Waals surface area contributed by atoms with Crippen molar-refractivity contribution in [3.63, 3.8) is 0 Å². The van der Waals surface area contributed by atoms with Crippen molar-refractivity contribution in [2.24, 2.45) is 0 Å². The Labute approximate surface area is 104 Å². The third-order valence-corrected chi connectivity index (χ3v) is 2.89. The highest BCUT2D eigenvalue weighted by atomic mass is 16.4. The van der Waals surface area contributed by atoms with Gasteiger partial charge in [-0.2, -0.15) is 0 Å². The molecule has 0 radical (unpaired) electrons. The van der Waals surface area contributed by atoms with Gasteiger partial charge in [-0.15, -0.1) is 10.2 Å². The number of nitrogens with zero attached hydrogens (tertiary/aromatic N) is 2. The van der Waals surface area contributed by atoms with Crippen molar-refractivity contribution in [2.75, 3.05) is 13.1 Å². The number of unbranched alkanes of at least 4 members (excludes halogenated alkanes) is 1. The van der Waals surface area contributed by atoms with Crippen LogP contribution < -0.4 is 5.32 Å². The molecule has 1 unspecified atom stereocenters. The summed E-state index contributed by atoms with van der Waals surface area (Å²) in [6, 6.07) is 0. The second-order valence-electron chi connectivity index (χ2n) is 4.53. The molecule has 1 aromatic heterocycles. The summed E-state index contributed by atoms with van der Waals surface area (Å²) in [6.45, 7) is 8.50. The molecule has 1 aromatic rings. The fourth-order valence-corrected chi connectivity index (χ4v) is 1.74. The minimum atomic E-state index is 0.393. The quantitative estimate of drug-likeness (QED) is 0.673. The Bertz CT molecular complexity index is 299. The highest BCUT2D eigenvalue weighted by Crippen LogP contribution is 2.20. The topological polar surface area (TPSA) is 51.0 Å². The first-order chi connectivity index (χ1) is 8.27. The molecule has 0 aromatic carbocycles. The van der Waals surface area contributed by atoms with Crippen LogP contribution in [0.25, 0.3) is 0 Å². The van der Waals surface area contributed by atoms with Gasteiger partial charge in [0.2, 0.25) is 11.8 Å². The van der Waals surface area contributed by atoms with E-state index in [1.165, 1.54) is 12.8 Å². The molecule has 4 heteroatoms. The molecule has 0 aliphatic carbocycles. The molecule has 1 heterocycles. The predicted molar refractivity (Wildman–Crippen MR) is 69.1 cm³/mol. The average Bonchev–Trinajstić information content (AvgIpc) is 2.80. The van der Waals surface area contributed by atoms with E-state index in [4.69, 9.17) is 4.42 Å². The fourth-order valence-electron chi connectivity index (χ4n) is 1.74. The minimum Gasteiger partial charge on any atom is -0.425 e. The summed E-state index contributed by atoms with van der Waals surface area (Å²) in [5.74, 6) is 1.98. The first-order valence-corrected chi connectivity index (χ1v) is 6.80.